The second-order valence-electron chi connectivity index (χ2n) is 5.71. The summed E-state index contributed by atoms with van der Waals surface area (Å²) in [6.45, 7) is 1.45. The van der Waals surface area contributed by atoms with Gasteiger partial charge in [-0.15, -0.1) is 0 Å². The molecule has 1 aromatic rings. The predicted molar refractivity (Wildman–Crippen MR) is 89.2 cm³/mol. The highest BCUT2D eigenvalue weighted by atomic mass is 32.1. The summed E-state index contributed by atoms with van der Waals surface area (Å²) < 4.78 is 5.31. The van der Waals surface area contributed by atoms with Crippen LogP contribution in [0.25, 0.3) is 0 Å². The van der Waals surface area contributed by atoms with Crippen LogP contribution in [0, 0.1) is 0 Å². The molecule has 21 heavy (non-hydrogen) atoms. The summed E-state index contributed by atoms with van der Waals surface area (Å²) in [5.41, 5.74) is 7.60. The minimum Gasteiger partial charge on any atom is -0.497 e. The van der Waals surface area contributed by atoms with Crippen molar-refractivity contribution in [1.29, 1.82) is 0 Å². The Hall–Kier alpha value is -1.37. The van der Waals surface area contributed by atoms with E-state index in [1.54, 1.807) is 7.11 Å². The van der Waals surface area contributed by atoms with Crippen molar-refractivity contribution < 1.29 is 9.84 Å². The number of aliphatic hydroxyl groups is 1. The molecule has 2 unspecified atom stereocenters. The largest absolute Gasteiger partial charge is 0.497 e. The Kier molecular flexibility index (Phi) is 5.03. The monoisotopic (exact) mass is 309 g/mol. The lowest BCUT2D eigenvalue weighted by molar-refractivity contribution is 0.191. The molecule has 0 bridgehead atoms. The van der Waals surface area contributed by atoms with Crippen LogP contribution in [0.2, 0.25) is 0 Å². The van der Waals surface area contributed by atoms with Gasteiger partial charge in [-0.2, -0.15) is 0 Å². The van der Waals surface area contributed by atoms with Crippen LogP contribution in [0.1, 0.15) is 12.0 Å². The zero-order valence-corrected chi connectivity index (χ0v) is 13.6. The standard InChI is InChI=1S/C15H23N3O2S/c1-17(2)8-10-6-11(19)9-18(10)14-7-12(20-3)4-5-13(14)15(16)21/h4-5,7,10-11,19H,6,8-9H2,1-3H3,(H2,16,21). The van der Waals surface area contributed by atoms with Crippen molar-refractivity contribution in [1.82, 2.24) is 4.90 Å². The molecule has 2 rings (SSSR count). The van der Waals surface area contributed by atoms with E-state index in [0.29, 0.717) is 11.5 Å². The van der Waals surface area contributed by atoms with Gasteiger partial charge in [-0.1, -0.05) is 12.2 Å². The van der Waals surface area contributed by atoms with E-state index >= 15 is 0 Å². The average molecular weight is 309 g/mol. The molecule has 1 fully saturated rings. The Bertz CT molecular complexity index is 522. The molecule has 0 aliphatic carbocycles. The van der Waals surface area contributed by atoms with Crippen LogP contribution in [0.15, 0.2) is 18.2 Å². The molecule has 1 saturated heterocycles. The molecule has 116 valence electrons. The zero-order valence-electron chi connectivity index (χ0n) is 12.7. The normalized spacial score (nSPS) is 21.9. The molecular weight excluding hydrogens is 286 g/mol. The van der Waals surface area contributed by atoms with Crippen LogP contribution in [0.4, 0.5) is 5.69 Å². The summed E-state index contributed by atoms with van der Waals surface area (Å²) in [5, 5.41) is 10.0. The maximum atomic E-state index is 10.0. The first-order valence-corrected chi connectivity index (χ1v) is 7.40. The van der Waals surface area contributed by atoms with Crippen LogP contribution in [0.3, 0.4) is 0 Å². The SMILES string of the molecule is COc1ccc(C(N)=S)c(N2CC(O)CC2CN(C)C)c1. The number of methoxy groups -OCH3 is 1. The smallest absolute Gasteiger partial charge is 0.120 e. The molecular formula is C15H23N3O2S. The van der Waals surface area contributed by atoms with E-state index in [1.807, 2.05) is 32.3 Å². The van der Waals surface area contributed by atoms with Crippen LogP contribution in [-0.4, -0.2) is 61.4 Å². The Morgan fingerprint density at radius 1 is 1.52 bits per heavy atom. The van der Waals surface area contributed by atoms with Crippen molar-refractivity contribution in [2.24, 2.45) is 5.73 Å². The molecule has 2 atom stereocenters. The van der Waals surface area contributed by atoms with Gasteiger partial charge in [-0.3, -0.25) is 0 Å². The van der Waals surface area contributed by atoms with Crippen LogP contribution >= 0.6 is 12.2 Å². The number of aliphatic hydroxyl groups excluding tert-OH is 1. The van der Waals surface area contributed by atoms with E-state index < -0.39 is 0 Å². The second kappa shape index (κ2) is 6.60. The lowest BCUT2D eigenvalue weighted by Crippen LogP contribution is -2.38. The summed E-state index contributed by atoms with van der Waals surface area (Å²) in [6, 6.07) is 5.91. The third-order valence-electron chi connectivity index (χ3n) is 3.75. The Balaban J connectivity index is 2.39. The van der Waals surface area contributed by atoms with E-state index in [2.05, 4.69) is 9.80 Å². The lowest BCUT2D eigenvalue weighted by atomic mass is 10.1. The molecule has 0 spiro atoms. The van der Waals surface area contributed by atoms with Crippen molar-refractivity contribution in [2.45, 2.75) is 18.6 Å². The number of ether oxygens (including phenoxy) is 1. The maximum absolute atomic E-state index is 10.0. The highest BCUT2D eigenvalue weighted by Crippen LogP contribution is 2.32. The van der Waals surface area contributed by atoms with Crippen LogP contribution in [0.5, 0.6) is 5.75 Å². The molecule has 0 amide bonds. The van der Waals surface area contributed by atoms with Gasteiger partial charge in [-0.05, 0) is 32.6 Å². The zero-order chi connectivity index (χ0) is 15.6. The van der Waals surface area contributed by atoms with Crippen molar-refractivity contribution in [3.8, 4) is 5.75 Å². The number of hydrogen-bond acceptors (Lipinski definition) is 5. The van der Waals surface area contributed by atoms with Crippen LogP contribution < -0.4 is 15.4 Å². The van der Waals surface area contributed by atoms with Gasteiger partial charge in [0, 0.05) is 30.8 Å². The third-order valence-corrected chi connectivity index (χ3v) is 3.97. The number of benzene rings is 1. The number of anilines is 1. The second-order valence-corrected chi connectivity index (χ2v) is 6.15. The first kappa shape index (κ1) is 16.0. The molecule has 0 aromatic heterocycles. The van der Waals surface area contributed by atoms with E-state index in [0.717, 1.165) is 30.0 Å². The molecule has 3 N–H and O–H groups in total. The van der Waals surface area contributed by atoms with E-state index in [4.69, 9.17) is 22.7 Å². The molecule has 0 radical (unpaired) electrons. The fourth-order valence-corrected chi connectivity index (χ4v) is 3.04. The van der Waals surface area contributed by atoms with E-state index in [9.17, 15) is 5.11 Å². The maximum Gasteiger partial charge on any atom is 0.120 e. The lowest BCUT2D eigenvalue weighted by Gasteiger charge is -2.30. The Labute approximate surface area is 131 Å². The summed E-state index contributed by atoms with van der Waals surface area (Å²) in [6.07, 6.45) is 0.409. The van der Waals surface area contributed by atoms with Gasteiger partial charge in [0.05, 0.1) is 18.9 Å². The van der Waals surface area contributed by atoms with E-state index in [-0.39, 0.29) is 12.1 Å². The van der Waals surface area contributed by atoms with Gasteiger partial charge in [0.15, 0.2) is 0 Å². The topological polar surface area (TPSA) is 62.0 Å². The first-order valence-electron chi connectivity index (χ1n) is 6.99. The minimum absolute atomic E-state index is 0.232. The summed E-state index contributed by atoms with van der Waals surface area (Å²) in [7, 11) is 5.70. The predicted octanol–water partition coefficient (Wildman–Crippen LogP) is 0.831. The number of β-amino-alcohol motifs (C(OH)–C–C–N with tert-alkyl or cyclic N) is 1. The molecule has 1 aliphatic rings. The number of nitrogens with two attached hydrogens (primary N) is 1. The fourth-order valence-electron chi connectivity index (χ4n) is 2.87. The molecule has 5 nitrogen and oxygen atoms in total. The van der Waals surface area contributed by atoms with Gasteiger partial charge in [0.1, 0.15) is 10.7 Å². The summed E-state index contributed by atoms with van der Waals surface area (Å²) >= 11 is 5.16. The minimum atomic E-state index is -0.333. The van der Waals surface area contributed by atoms with Crippen molar-refractivity contribution >= 4 is 22.9 Å². The van der Waals surface area contributed by atoms with Crippen molar-refractivity contribution in [2.75, 3.05) is 39.2 Å². The Morgan fingerprint density at radius 2 is 2.24 bits per heavy atom. The van der Waals surface area contributed by atoms with E-state index in [1.165, 1.54) is 0 Å². The highest BCUT2D eigenvalue weighted by Gasteiger charge is 2.33. The van der Waals surface area contributed by atoms with Gasteiger partial charge >= 0.3 is 0 Å². The average Bonchev–Trinajstić information content (AvgIpc) is 2.77. The van der Waals surface area contributed by atoms with Gasteiger partial charge in [-0.25, -0.2) is 0 Å². The Morgan fingerprint density at radius 3 is 2.81 bits per heavy atom. The summed E-state index contributed by atoms with van der Waals surface area (Å²) in [4.78, 5) is 4.66. The number of likely N-dealkylation sites (N-methyl/N-ethyl adjacent to an activating group) is 1. The molecule has 1 aromatic carbocycles. The quantitative estimate of drug-likeness (QED) is 0.786. The first-order chi connectivity index (χ1) is 9.92. The van der Waals surface area contributed by atoms with Gasteiger partial charge in [0.2, 0.25) is 0 Å². The molecule has 6 heteroatoms. The highest BCUT2D eigenvalue weighted by molar-refractivity contribution is 7.80. The molecule has 1 heterocycles. The third kappa shape index (κ3) is 3.64. The molecule has 0 saturated carbocycles. The number of nitrogens with zero attached hydrogens (tertiary/aromatic N) is 2. The van der Waals surface area contributed by atoms with Gasteiger partial charge < -0.3 is 25.4 Å². The van der Waals surface area contributed by atoms with Crippen molar-refractivity contribution in [3.63, 3.8) is 0 Å². The number of rotatable bonds is 5. The van der Waals surface area contributed by atoms with Gasteiger partial charge in [0.25, 0.3) is 0 Å². The molecule has 1 aliphatic heterocycles. The fraction of sp³-hybridized carbons (Fsp3) is 0.533. The summed E-state index contributed by atoms with van der Waals surface area (Å²) in [5.74, 6) is 0.759. The van der Waals surface area contributed by atoms with Crippen molar-refractivity contribution in [3.05, 3.63) is 23.8 Å². The van der Waals surface area contributed by atoms with Crippen LogP contribution in [-0.2, 0) is 0 Å². The number of thiocarbonyl (C=S) groups is 1. The number of hydrogen-bond donors (Lipinski definition) is 2.